The molecule has 8 N–H and O–H groups in total. The number of carbonyl (C=O) groups excluding carboxylic acids is 1. The van der Waals surface area contributed by atoms with Crippen molar-refractivity contribution in [1.82, 2.24) is 5.32 Å². The zero-order valence-electron chi connectivity index (χ0n) is 47.1. The summed E-state index contributed by atoms with van der Waals surface area (Å²) < 4.78 is 11.1. The molecule has 1 aliphatic heterocycles. The van der Waals surface area contributed by atoms with Gasteiger partial charge in [0.1, 0.15) is 36.6 Å². The summed E-state index contributed by atoms with van der Waals surface area (Å²) in [5, 5.41) is 76.1. The van der Waals surface area contributed by atoms with Gasteiger partial charge in [0.25, 0.3) is 0 Å². The Morgan fingerprint density at radius 1 is 0.466 bits per heavy atom. The van der Waals surface area contributed by atoms with Gasteiger partial charge in [0.05, 0.1) is 25.4 Å². The third kappa shape index (κ3) is 39.4. The van der Waals surface area contributed by atoms with E-state index in [2.05, 4.69) is 55.6 Å². The molecule has 0 radical (unpaired) electrons. The Labute approximate surface area is 447 Å². The van der Waals surface area contributed by atoms with Crippen molar-refractivity contribution in [3.8, 4) is 0 Å². The Balaban J connectivity index is 2.23. The first kappa shape index (κ1) is 69.3. The first-order chi connectivity index (χ1) is 35.7. The van der Waals surface area contributed by atoms with Crippen LogP contribution in [0.1, 0.15) is 284 Å². The van der Waals surface area contributed by atoms with Gasteiger partial charge in [0.15, 0.2) is 6.29 Å². The molecule has 1 amide bonds. The number of aliphatic hydroxyl groups excluding tert-OH is 7. The third-order valence-electron chi connectivity index (χ3n) is 14.9. The Morgan fingerprint density at radius 2 is 0.822 bits per heavy atom. The molecule has 430 valence electrons. The maximum atomic E-state index is 13.2. The number of aliphatic hydroxyl groups is 7. The Kier molecular flexibility index (Phi) is 48.5. The summed E-state index contributed by atoms with van der Waals surface area (Å²) in [5.41, 5.74) is 0. The van der Waals surface area contributed by atoms with E-state index in [1.54, 1.807) is 0 Å². The summed E-state index contributed by atoms with van der Waals surface area (Å²) in [6, 6.07) is -1.19. The van der Waals surface area contributed by atoms with Gasteiger partial charge >= 0.3 is 0 Å². The number of hydrogen-bond acceptors (Lipinski definition) is 10. The highest BCUT2D eigenvalue weighted by atomic mass is 16.7. The van der Waals surface area contributed by atoms with Crippen molar-refractivity contribution in [2.24, 2.45) is 0 Å². The minimum atomic E-state index is -1.67. The number of nitrogens with one attached hydrogen (secondary N) is 1. The molecule has 11 nitrogen and oxygen atoms in total. The molecule has 1 fully saturated rings. The molecule has 0 aromatic carbocycles. The van der Waals surface area contributed by atoms with Gasteiger partial charge in [-0.3, -0.25) is 4.79 Å². The number of unbranched alkanes of at least 4 members (excludes halogenated alkanes) is 35. The number of amides is 1. The maximum absolute atomic E-state index is 13.2. The molecule has 1 heterocycles. The van der Waals surface area contributed by atoms with Crippen LogP contribution in [0.3, 0.4) is 0 Å². The van der Waals surface area contributed by atoms with Gasteiger partial charge in [-0.15, -0.1) is 0 Å². The Hall–Kier alpha value is -1.67. The molecule has 0 saturated carbocycles. The highest BCUT2D eigenvalue weighted by molar-refractivity contribution is 5.80. The molecule has 1 rings (SSSR count). The fourth-order valence-corrected chi connectivity index (χ4v) is 9.89. The van der Waals surface area contributed by atoms with Crippen LogP contribution in [-0.4, -0.2) is 110 Å². The Bertz CT molecular complexity index is 1280. The molecule has 0 aliphatic carbocycles. The molecule has 0 aromatic rings. The monoisotopic (exact) mass is 1040 g/mol. The van der Waals surface area contributed by atoms with Gasteiger partial charge in [-0.1, -0.05) is 256 Å². The first-order valence-corrected chi connectivity index (χ1v) is 30.9. The second-order valence-electron chi connectivity index (χ2n) is 21.8. The molecule has 1 saturated heterocycles. The topological polar surface area (TPSA) is 189 Å². The van der Waals surface area contributed by atoms with Gasteiger partial charge in [0.2, 0.25) is 5.91 Å². The van der Waals surface area contributed by atoms with E-state index in [0.717, 1.165) is 44.9 Å². The van der Waals surface area contributed by atoms with E-state index in [9.17, 15) is 40.5 Å². The zero-order valence-corrected chi connectivity index (χ0v) is 47.1. The largest absolute Gasteiger partial charge is 0.394 e. The highest BCUT2D eigenvalue weighted by Crippen LogP contribution is 2.23. The predicted octanol–water partition coefficient (Wildman–Crippen LogP) is 13.5. The van der Waals surface area contributed by atoms with E-state index in [0.29, 0.717) is 19.3 Å². The quantitative estimate of drug-likeness (QED) is 0.0215. The average Bonchev–Trinajstić information content (AvgIpc) is 3.39. The van der Waals surface area contributed by atoms with Crippen molar-refractivity contribution in [3.05, 3.63) is 36.5 Å². The zero-order chi connectivity index (χ0) is 53.3. The van der Waals surface area contributed by atoms with Crippen LogP contribution in [-0.2, 0) is 14.3 Å². The number of rotatable bonds is 53. The minimum Gasteiger partial charge on any atom is -0.394 e. The van der Waals surface area contributed by atoms with Crippen LogP contribution in [0.5, 0.6) is 0 Å². The van der Waals surface area contributed by atoms with Crippen LogP contribution in [0, 0.1) is 0 Å². The summed E-state index contributed by atoms with van der Waals surface area (Å²) in [6.45, 7) is 3.43. The molecular formula is C62H117NO10. The van der Waals surface area contributed by atoms with E-state index in [1.165, 1.54) is 193 Å². The second kappa shape index (κ2) is 51.1. The standard InChI is InChI=1S/C62H117NO10/c1-3-5-7-9-11-13-15-17-19-21-22-23-24-25-26-27-28-29-30-31-32-33-34-36-38-40-42-44-46-48-50-55(66)61(71)63-53(52-72-62-60(70)59(69)58(68)56(51-64)73-62)57(67)54(65)49-47-45-43-41-39-37-35-20-18-16-14-12-10-8-6-4-2/h12,14,20,35,41,43,53-60,62,64-70H,3-11,13,15-19,21-34,36-40,42,44-52H2,1-2H3,(H,63,71)/b14-12+,35-20+,43-41+. The van der Waals surface area contributed by atoms with Crippen molar-refractivity contribution < 1.29 is 50.0 Å². The average molecular weight is 1040 g/mol. The SMILES string of the molecule is CCCCC/C=C/CC/C=C/CC/C=C/CCCC(O)C(O)C(COC1OC(CO)C(O)C(O)C1O)NC(=O)C(O)CCCCCCCCCCCCCCCCCCCCCCCCCCCCCCCC. The van der Waals surface area contributed by atoms with Gasteiger partial charge in [-0.2, -0.15) is 0 Å². The normalized spacial score (nSPS) is 20.2. The van der Waals surface area contributed by atoms with Crippen LogP contribution in [0.25, 0.3) is 0 Å². The van der Waals surface area contributed by atoms with Crippen LogP contribution >= 0.6 is 0 Å². The molecule has 0 aromatic heterocycles. The molecule has 9 atom stereocenters. The van der Waals surface area contributed by atoms with E-state index in [4.69, 9.17) is 9.47 Å². The fraction of sp³-hybridized carbons (Fsp3) is 0.887. The van der Waals surface area contributed by atoms with Gasteiger partial charge in [-0.25, -0.2) is 0 Å². The molecule has 9 unspecified atom stereocenters. The highest BCUT2D eigenvalue weighted by Gasteiger charge is 2.44. The fourth-order valence-electron chi connectivity index (χ4n) is 9.89. The van der Waals surface area contributed by atoms with Crippen LogP contribution in [0.4, 0.5) is 0 Å². The van der Waals surface area contributed by atoms with E-state index in [1.807, 2.05) is 0 Å². The lowest BCUT2D eigenvalue weighted by atomic mass is 9.98. The third-order valence-corrected chi connectivity index (χ3v) is 14.9. The van der Waals surface area contributed by atoms with Gasteiger partial charge in [0, 0.05) is 0 Å². The van der Waals surface area contributed by atoms with Gasteiger partial charge in [-0.05, 0) is 64.2 Å². The van der Waals surface area contributed by atoms with Crippen molar-refractivity contribution >= 4 is 5.91 Å². The number of carbonyl (C=O) groups is 1. The number of allylic oxidation sites excluding steroid dienone is 6. The molecular weight excluding hydrogens is 919 g/mol. The summed E-state index contributed by atoms with van der Waals surface area (Å²) in [5.74, 6) is -0.708. The van der Waals surface area contributed by atoms with E-state index in [-0.39, 0.29) is 12.8 Å². The van der Waals surface area contributed by atoms with Crippen LogP contribution in [0.2, 0.25) is 0 Å². The lowest BCUT2D eigenvalue weighted by Gasteiger charge is -2.40. The maximum Gasteiger partial charge on any atom is 0.249 e. The van der Waals surface area contributed by atoms with E-state index < -0.39 is 74.2 Å². The summed E-state index contributed by atoms with van der Waals surface area (Å²) in [7, 11) is 0. The second-order valence-corrected chi connectivity index (χ2v) is 21.8. The molecule has 11 heteroatoms. The van der Waals surface area contributed by atoms with Crippen molar-refractivity contribution in [2.75, 3.05) is 13.2 Å². The van der Waals surface area contributed by atoms with Crippen molar-refractivity contribution in [2.45, 2.75) is 339 Å². The van der Waals surface area contributed by atoms with Crippen LogP contribution < -0.4 is 5.32 Å². The molecule has 0 bridgehead atoms. The van der Waals surface area contributed by atoms with Crippen LogP contribution in [0.15, 0.2) is 36.5 Å². The minimum absolute atomic E-state index is 0.242. The molecule has 0 spiro atoms. The molecule has 73 heavy (non-hydrogen) atoms. The van der Waals surface area contributed by atoms with Crippen molar-refractivity contribution in [1.29, 1.82) is 0 Å². The van der Waals surface area contributed by atoms with E-state index >= 15 is 0 Å². The predicted molar refractivity (Wildman–Crippen MR) is 302 cm³/mol. The summed E-state index contributed by atoms with van der Waals surface area (Å²) in [6.07, 6.45) is 52.2. The molecule has 1 aliphatic rings. The smallest absolute Gasteiger partial charge is 0.249 e. The summed E-state index contributed by atoms with van der Waals surface area (Å²) in [4.78, 5) is 13.2. The number of ether oxygens (including phenoxy) is 2. The van der Waals surface area contributed by atoms with Gasteiger partial charge < -0.3 is 50.5 Å². The summed E-state index contributed by atoms with van der Waals surface area (Å²) >= 11 is 0. The van der Waals surface area contributed by atoms with Crippen molar-refractivity contribution in [3.63, 3.8) is 0 Å². The lowest BCUT2D eigenvalue weighted by Crippen LogP contribution is -2.60. The Morgan fingerprint density at radius 3 is 1.22 bits per heavy atom. The lowest BCUT2D eigenvalue weighted by molar-refractivity contribution is -0.303. The first-order valence-electron chi connectivity index (χ1n) is 30.9. The number of hydrogen-bond donors (Lipinski definition) is 8.